The molecule has 1 aliphatic heterocycles. The molecule has 0 fully saturated rings. The highest BCUT2D eigenvalue weighted by atomic mass is 35.5. The van der Waals surface area contributed by atoms with Crippen LogP contribution in [0.5, 0.6) is 23.0 Å². The fourth-order valence-electron chi connectivity index (χ4n) is 4.28. The summed E-state index contributed by atoms with van der Waals surface area (Å²) in [5.74, 6) is 0.883. The Hall–Kier alpha value is -4.93. The fraction of sp³-hybridized carbons (Fsp3) is 0.125. The Morgan fingerprint density at radius 2 is 1.57 bits per heavy atom. The van der Waals surface area contributed by atoms with Gasteiger partial charge in [-0.05, 0) is 60.5 Å². The normalized spacial score (nSPS) is 14.0. The average molecular weight is 553 g/mol. The largest absolute Gasteiger partial charge is 0.489 e. The van der Waals surface area contributed by atoms with E-state index in [-0.39, 0.29) is 18.2 Å². The number of fused-ring (bicyclic) bond motifs is 1. The van der Waals surface area contributed by atoms with Crippen molar-refractivity contribution in [3.05, 3.63) is 130 Å². The van der Waals surface area contributed by atoms with E-state index in [1.54, 1.807) is 30.3 Å². The number of aryl methyl sites for hydroxylation is 1. The van der Waals surface area contributed by atoms with Crippen LogP contribution in [0, 0.1) is 18.3 Å². The monoisotopic (exact) mass is 552 g/mol. The lowest BCUT2D eigenvalue weighted by atomic mass is 9.83. The number of esters is 1. The van der Waals surface area contributed by atoms with Gasteiger partial charge in [0.25, 0.3) is 0 Å². The van der Waals surface area contributed by atoms with Gasteiger partial charge in [0, 0.05) is 16.7 Å². The zero-order valence-electron chi connectivity index (χ0n) is 21.6. The summed E-state index contributed by atoms with van der Waals surface area (Å²) >= 11 is 5.95. The van der Waals surface area contributed by atoms with Gasteiger partial charge in [0.05, 0.1) is 5.92 Å². The summed E-state index contributed by atoms with van der Waals surface area (Å²) in [6, 6.07) is 29.4. The molecule has 0 saturated heterocycles. The van der Waals surface area contributed by atoms with Crippen molar-refractivity contribution in [3.63, 3.8) is 0 Å². The SMILES string of the molecule is Cc1ccc(OCC(=O)Oc2ccc3c(c2)OC(N)=C(C#N)C3c2ccc(OCc3ccc(Cl)cc3)cc2)cc1. The van der Waals surface area contributed by atoms with Crippen LogP contribution in [0.1, 0.15) is 28.2 Å². The van der Waals surface area contributed by atoms with Crippen molar-refractivity contribution in [1.82, 2.24) is 0 Å². The van der Waals surface area contributed by atoms with E-state index in [9.17, 15) is 10.1 Å². The number of nitriles is 1. The zero-order chi connectivity index (χ0) is 28.1. The summed E-state index contributed by atoms with van der Waals surface area (Å²) in [4.78, 5) is 12.4. The smallest absolute Gasteiger partial charge is 0.349 e. The Bertz CT molecular complexity index is 1590. The van der Waals surface area contributed by atoms with Crippen LogP contribution in [0.4, 0.5) is 0 Å². The van der Waals surface area contributed by atoms with Crippen molar-refractivity contribution in [1.29, 1.82) is 5.26 Å². The summed E-state index contributed by atoms with van der Waals surface area (Å²) in [7, 11) is 0. The first kappa shape index (κ1) is 26.7. The molecular formula is C32H25ClN2O5. The number of benzene rings is 4. The second-order valence-electron chi connectivity index (χ2n) is 9.18. The Labute approximate surface area is 236 Å². The highest BCUT2D eigenvalue weighted by molar-refractivity contribution is 6.30. The molecule has 8 heteroatoms. The predicted molar refractivity (Wildman–Crippen MR) is 150 cm³/mol. The van der Waals surface area contributed by atoms with Gasteiger partial charge in [-0.2, -0.15) is 5.26 Å². The lowest BCUT2D eigenvalue weighted by Crippen LogP contribution is -2.21. The molecule has 0 saturated carbocycles. The third-order valence-corrected chi connectivity index (χ3v) is 6.58. The molecule has 1 atom stereocenters. The summed E-state index contributed by atoms with van der Waals surface area (Å²) in [5, 5.41) is 10.5. The minimum absolute atomic E-state index is 0.00533. The van der Waals surface area contributed by atoms with E-state index in [0.29, 0.717) is 34.5 Å². The second kappa shape index (κ2) is 11.9. The van der Waals surface area contributed by atoms with Gasteiger partial charge < -0.3 is 24.7 Å². The van der Waals surface area contributed by atoms with E-state index in [1.165, 1.54) is 0 Å². The molecule has 5 rings (SSSR count). The molecule has 1 unspecified atom stereocenters. The van der Waals surface area contributed by atoms with Gasteiger partial charge in [0.2, 0.25) is 5.88 Å². The van der Waals surface area contributed by atoms with Crippen molar-refractivity contribution in [2.45, 2.75) is 19.4 Å². The number of rotatable bonds is 8. The number of carbonyl (C=O) groups is 1. The fourth-order valence-corrected chi connectivity index (χ4v) is 4.41. The van der Waals surface area contributed by atoms with Gasteiger partial charge in [-0.15, -0.1) is 0 Å². The van der Waals surface area contributed by atoms with Crippen LogP contribution in [0.2, 0.25) is 5.02 Å². The minimum Gasteiger partial charge on any atom is -0.489 e. The van der Waals surface area contributed by atoms with Crippen molar-refractivity contribution in [3.8, 4) is 29.1 Å². The second-order valence-corrected chi connectivity index (χ2v) is 9.62. The van der Waals surface area contributed by atoms with E-state index < -0.39 is 11.9 Å². The van der Waals surface area contributed by atoms with Gasteiger partial charge >= 0.3 is 5.97 Å². The van der Waals surface area contributed by atoms with Crippen LogP contribution in [0.15, 0.2) is 102 Å². The number of ether oxygens (including phenoxy) is 4. The number of allylic oxidation sites excluding steroid dienone is 1. The molecule has 1 heterocycles. The van der Waals surface area contributed by atoms with Gasteiger partial charge in [0.1, 0.15) is 41.2 Å². The van der Waals surface area contributed by atoms with E-state index in [4.69, 9.17) is 36.3 Å². The first-order valence-corrected chi connectivity index (χ1v) is 12.9. The molecule has 4 aromatic rings. The van der Waals surface area contributed by atoms with Crippen LogP contribution < -0.4 is 24.7 Å². The highest BCUT2D eigenvalue weighted by Crippen LogP contribution is 2.43. The zero-order valence-corrected chi connectivity index (χ0v) is 22.4. The Morgan fingerprint density at radius 1 is 0.925 bits per heavy atom. The number of halogens is 1. The maximum Gasteiger partial charge on any atom is 0.349 e. The van der Waals surface area contributed by atoms with Crippen LogP contribution >= 0.6 is 11.6 Å². The van der Waals surface area contributed by atoms with Crippen molar-refractivity contribution < 1.29 is 23.7 Å². The summed E-state index contributed by atoms with van der Waals surface area (Å²) < 4.78 is 22.6. The van der Waals surface area contributed by atoms with Crippen molar-refractivity contribution >= 4 is 17.6 Å². The van der Waals surface area contributed by atoms with E-state index >= 15 is 0 Å². The molecule has 0 radical (unpaired) electrons. The molecule has 0 spiro atoms. The first-order valence-electron chi connectivity index (χ1n) is 12.5. The quantitative estimate of drug-likeness (QED) is 0.198. The molecular weight excluding hydrogens is 528 g/mol. The highest BCUT2D eigenvalue weighted by Gasteiger charge is 2.31. The molecule has 0 bridgehead atoms. The van der Waals surface area contributed by atoms with Gasteiger partial charge in [-0.3, -0.25) is 0 Å². The molecule has 0 aromatic heterocycles. The molecule has 1 aliphatic rings. The third kappa shape index (κ3) is 6.20. The lowest BCUT2D eigenvalue weighted by Gasteiger charge is -2.26. The molecule has 4 aromatic carbocycles. The summed E-state index contributed by atoms with van der Waals surface area (Å²) in [6.45, 7) is 2.11. The lowest BCUT2D eigenvalue weighted by molar-refractivity contribution is -0.136. The minimum atomic E-state index is -0.566. The van der Waals surface area contributed by atoms with E-state index in [1.807, 2.05) is 67.6 Å². The Kier molecular flexibility index (Phi) is 7.90. The van der Waals surface area contributed by atoms with Gasteiger partial charge in [-0.1, -0.05) is 59.6 Å². The van der Waals surface area contributed by atoms with Crippen LogP contribution in [-0.2, 0) is 11.4 Å². The van der Waals surface area contributed by atoms with Crippen LogP contribution in [0.25, 0.3) is 0 Å². The first-order chi connectivity index (χ1) is 19.4. The molecule has 7 nitrogen and oxygen atoms in total. The molecule has 200 valence electrons. The van der Waals surface area contributed by atoms with Crippen molar-refractivity contribution in [2.75, 3.05) is 6.61 Å². The molecule has 0 amide bonds. The topological polar surface area (TPSA) is 104 Å². The van der Waals surface area contributed by atoms with Crippen LogP contribution in [-0.4, -0.2) is 12.6 Å². The molecule has 2 N–H and O–H groups in total. The number of hydrogen-bond acceptors (Lipinski definition) is 7. The maximum absolute atomic E-state index is 12.4. The van der Waals surface area contributed by atoms with E-state index in [0.717, 1.165) is 22.3 Å². The van der Waals surface area contributed by atoms with Gasteiger partial charge in [0.15, 0.2) is 6.61 Å². The Morgan fingerprint density at radius 3 is 2.27 bits per heavy atom. The van der Waals surface area contributed by atoms with Gasteiger partial charge in [-0.25, -0.2) is 4.79 Å². The van der Waals surface area contributed by atoms with E-state index in [2.05, 4.69) is 6.07 Å². The van der Waals surface area contributed by atoms with Crippen LogP contribution in [0.3, 0.4) is 0 Å². The summed E-state index contributed by atoms with van der Waals surface area (Å²) in [5.41, 5.74) is 10.1. The molecule has 0 aliphatic carbocycles. The molecule has 40 heavy (non-hydrogen) atoms. The summed E-state index contributed by atoms with van der Waals surface area (Å²) in [6.07, 6.45) is 0. The average Bonchev–Trinajstić information content (AvgIpc) is 2.96. The number of hydrogen-bond donors (Lipinski definition) is 1. The van der Waals surface area contributed by atoms with Crippen molar-refractivity contribution in [2.24, 2.45) is 5.73 Å². The number of nitrogens with zero attached hydrogens (tertiary/aromatic N) is 1. The third-order valence-electron chi connectivity index (χ3n) is 6.33. The number of carbonyl (C=O) groups excluding carboxylic acids is 1. The predicted octanol–water partition coefficient (Wildman–Crippen LogP) is 6.43. The Balaban J connectivity index is 1.29. The standard InChI is InChI=1S/C32H25ClN2O5/c1-20-2-10-24(11-3-20)38-19-30(36)39-26-14-15-27-29(16-26)40-32(35)28(17-34)31(27)22-6-12-25(13-7-22)37-18-21-4-8-23(33)9-5-21/h2-16,31H,18-19,35H2,1H3. The number of nitrogens with two attached hydrogens (primary N) is 1. The maximum atomic E-state index is 12.4.